The van der Waals surface area contributed by atoms with Crippen LogP contribution in [-0.4, -0.2) is 55.4 Å². The predicted molar refractivity (Wildman–Crippen MR) is 81.2 cm³/mol. The Labute approximate surface area is 118 Å². The van der Waals surface area contributed by atoms with E-state index < -0.39 is 0 Å². The van der Waals surface area contributed by atoms with Crippen molar-refractivity contribution in [2.24, 2.45) is 17.1 Å². The van der Waals surface area contributed by atoms with Gasteiger partial charge >= 0.3 is 0 Å². The molecule has 0 aromatic heterocycles. The minimum Gasteiger partial charge on any atom is -0.396 e. The molecule has 1 heterocycles. The van der Waals surface area contributed by atoms with Crippen molar-refractivity contribution < 1.29 is 5.11 Å². The van der Waals surface area contributed by atoms with Crippen molar-refractivity contribution in [1.82, 2.24) is 10.2 Å². The van der Waals surface area contributed by atoms with Crippen LogP contribution in [0.4, 0.5) is 0 Å². The molecule has 114 valence electrons. The second kappa shape index (κ2) is 8.20. The van der Waals surface area contributed by atoms with Gasteiger partial charge in [-0.25, -0.2) is 0 Å². The Kier molecular flexibility index (Phi) is 7.29. The number of aliphatic hydroxyl groups excluding tert-OH is 1. The molecular weight excluding hydrogens is 238 g/mol. The van der Waals surface area contributed by atoms with Gasteiger partial charge in [0.25, 0.3) is 0 Å². The SMILES string of the molecule is CC(C)(C)CNC1CC(CCCO)CN(CCN)C1. The molecular formula is C15H33N3O. The number of nitrogens with one attached hydrogen (secondary N) is 1. The van der Waals surface area contributed by atoms with Crippen molar-refractivity contribution >= 4 is 0 Å². The fourth-order valence-corrected chi connectivity index (χ4v) is 2.86. The molecule has 1 aliphatic heterocycles. The molecule has 1 saturated heterocycles. The maximum atomic E-state index is 8.99. The predicted octanol–water partition coefficient (Wildman–Crippen LogP) is 1.04. The summed E-state index contributed by atoms with van der Waals surface area (Å²) >= 11 is 0. The molecule has 0 saturated carbocycles. The number of likely N-dealkylation sites (tertiary alicyclic amines) is 1. The number of rotatable bonds is 7. The summed E-state index contributed by atoms with van der Waals surface area (Å²) < 4.78 is 0. The van der Waals surface area contributed by atoms with Crippen molar-refractivity contribution in [3.8, 4) is 0 Å². The van der Waals surface area contributed by atoms with E-state index in [-0.39, 0.29) is 0 Å². The van der Waals surface area contributed by atoms with Crippen molar-refractivity contribution in [3.63, 3.8) is 0 Å². The van der Waals surface area contributed by atoms with Gasteiger partial charge in [-0.2, -0.15) is 0 Å². The van der Waals surface area contributed by atoms with Crippen molar-refractivity contribution in [1.29, 1.82) is 0 Å². The van der Waals surface area contributed by atoms with Gasteiger partial charge in [0.2, 0.25) is 0 Å². The standard InChI is InChI=1S/C15H33N3O/c1-15(2,3)12-17-14-9-13(5-4-8-19)10-18(11-14)7-6-16/h13-14,17,19H,4-12,16H2,1-3H3. The van der Waals surface area contributed by atoms with Crippen LogP contribution in [0.3, 0.4) is 0 Å². The van der Waals surface area contributed by atoms with Gasteiger partial charge in [0.05, 0.1) is 0 Å². The fraction of sp³-hybridized carbons (Fsp3) is 1.00. The Bertz CT molecular complexity index is 240. The highest BCUT2D eigenvalue weighted by Crippen LogP contribution is 2.22. The first kappa shape index (κ1) is 16.9. The summed E-state index contributed by atoms with van der Waals surface area (Å²) in [7, 11) is 0. The summed E-state index contributed by atoms with van der Waals surface area (Å²) in [6, 6.07) is 0.572. The summed E-state index contributed by atoms with van der Waals surface area (Å²) in [6.45, 7) is 12.2. The summed E-state index contributed by atoms with van der Waals surface area (Å²) in [5.74, 6) is 0.699. The summed E-state index contributed by atoms with van der Waals surface area (Å²) in [5, 5.41) is 12.7. The second-order valence-corrected chi connectivity index (χ2v) is 7.15. The van der Waals surface area contributed by atoms with Crippen LogP contribution in [0.25, 0.3) is 0 Å². The highest BCUT2D eigenvalue weighted by atomic mass is 16.2. The lowest BCUT2D eigenvalue weighted by molar-refractivity contribution is 0.127. The zero-order valence-electron chi connectivity index (χ0n) is 13.0. The molecule has 0 aromatic rings. The van der Waals surface area contributed by atoms with Crippen molar-refractivity contribution in [2.45, 2.75) is 46.1 Å². The monoisotopic (exact) mass is 271 g/mol. The zero-order chi connectivity index (χ0) is 14.3. The maximum Gasteiger partial charge on any atom is 0.0431 e. The molecule has 2 atom stereocenters. The van der Waals surface area contributed by atoms with Crippen LogP contribution < -0.4 is 11.1 Å². The Morgan fingerprint density at radius 2 is 2.05 bits per heavy atom. The summed E-state index contributed by atoms with van der Waals surface area (Å²) in [6.07, 6.45) is 3.29. The average Bonchev–Trinajstić information content (AvgIpc) is 2.33. The molecule has 19 heavy (non-hydrogen) atoms. The van der Waals surface area contributed by atoms with Gasteiger partial charge in [0.1, 0.15) is 0 Å². The van der Waals surface area contributed by atoms with Gasteiger partial charge in [-0.05, 0) is 30.6 Å². The first-order chi connectivity index (χ1) is 8.94. The molecule has 0 spiro atoms. The van der Waals surface area contributed by atoms with E-state index in [1.807, 2.05) is 0 Å². The number of nitrogens with two attached hydrogens (primary N) is 1. The maximum absolute atomic E-state index is 8.99. The molecule has 2 unspecified atom stereocenters. The van der Waals surface area contributed by atoms with Crippen molar-refractivity contribution in [2.75, 3.05) is 39.3 Å². The molecule has 4 nitrogen and oxygen atoms in total. The molecule has 0 aromatic carbocycles. The molecule has 4 heteroatoms. The topological polar surface area (TPSA) is 61.5 Å². The Balaban J connectivity index is 2.44. The third-order valence-electron chi connectivity index (χ3n) is 3.75. The lowest BCUT2D eigenvalue weighted by atomic mass is 9.89. The Morgan fingerprint density at radius 1 is 1.32 bits per heavy atom. The van der Waals surface area contributed by atoms with E-state index in [1.165, 1.54) is 6.42 Å². The minimum atomic E-state index is 0.313. The van der Waals surface area contributed by atoms with Crippen LogP contribution in [0.5, 0.6) is 0 Å². The van der Waals surface area contributed by atoms with Crippen LogP contribution in [0.2, 0.25) is 0 Å². The average molecular weight is 271 g/mol. The van der Waals surface area contributed by atoms with Crippen LogP contribution in [0, 0.1) is 11.3 Å². The van der Waals surface area contributed by atoms with Crippen LogP contribution >= 0.6 is 0 Å². The fourth-order valence-electron chi connectivity index (χ4n) is 2.86. The molecule has 0 radical (unpaired) electrons. The third-order valence-corrected chi connectivity index (χ3v) is 3.75. The molecule has 0 amide bonds. The van der Waals surface area contributed by atoms with E-state index >= 15 is 0 Å². The molecule has 1 fully saturated rings. The highest BCUT2D eigenvalue weighted by molar-refractivity contribution is 4.84. The molecule has 0 aliphatic carbocycles. The minimum absolute atomic E-state index is 0.313. The summed E-state index contributed by atoms with van der Waals surface area (Å²) in [4.78, 5) is 2.48. The quantitative estimate of drug-likeness (QED) is 0.647. The Morgan fingerprint density at radius 3 is 2.63 bits per heavy atom. The van der Waals surface area contributed by atoms with Gasteiger partial charge in [-0.3, -0.25) is 0 Å². The van der Waals surface area contributed by atoms with Crippen LogP contribution in [0.15, 0.2) is 0 Å². The normalized spacial score (nSPS) is 25.7. The number of piperidine rings is 1. The molecule has 1 rings (SSSR count). The lowest BCUT2D eigenvalue weighted by Gasteiger charge is -2.39. The first-order valence-corrected chi connectivity index (χ1v) is 7.71. The van der Waals surface area contributed by atoms with E-state index in [0.29, 0.717) is 24.0 Å². The van der Waals surface area contributed by atoms with E-state index in [2.05, 4.69) is 31.0 Å². The second-order valence-electron chi connectivity index (χ2n) is 7.15. The van der Waals surface area contributed by atoms with Gasteiger partial charge in [0.15, 0.2) is 0 Å². The van der Waals surface area contributed by atoms with Gasteiger partial charge in [-0.1, -0.05) is 20.8 Å². The molecule has 4 N–H and O–H groups in total. The number of hydrogen-bond donors (Lipinski definition) is 3. The third kappa shape index (κ3) is 7.25. The largest absolute Gasteiger partial charge is 0.396 e. The smallest absolute Gasteiger partial charge is 0.0431 e. The number of hydrogen-bond acceptors (Lipinski definition) is 4. The van der Waals surface area contributed by atoms with Gasteiger partial charge in [-0.15, -0.1) is 0 Å². The van der Waals surface area contributed by atoms with E-state index in [4.69, 9.17) is 10.8 Å². The first-order valence-electron chi connectivity index (χ1n) is 7.71. The van der Waals surface area contributed by atoms with Gasteiger partial charge in [0, 0.05) is 45.4 Å². The van der Waals surface area contributed by atoms with E-state index in [1.54, 1.807) is 0 Å². The zero-order valence-corrected chi connectivity index (χ0v) is 13.0. The van der Waals surface area contributed by atoms with Crippen LogP contribution in [0.1, 0.15) is 40.0 Å². The van der Waals surface area contributed by atoms with Crippen molar-refractivity contribution in [3.05, 3.63) is 0 Å². The number of nitrogens with zero attached hydrogens (tertiary/aromatic N) is 1. The number of aliphatic hydroxyl groups is 1. The van der Waals surface area contributed by atoms with E-state index in [9.17, 15) is 0 Å². The van der Waals surface area contributed by atoms with Crippen LogP contribution in [-0.2, 0) is 0 Å². The highest BCUT2D eigenvalue weighted by Gasteiger charge is 2.27. The molecule has 1 aliphatic rings. The van der Waals surface area contributed by atoms with Gasteiger partial charge < -0.3 is 21.1 Å². The Hall–Kier alpha value is -0.160. The molecule has 0 bridgehead atoms. The van der Waals surface area contributed by atoms with E-state index in [0.717, 1.165) is 45.6 Å². The summed E-state index contributed by atoms with van der Waals surface area (Å²) in [5.41, 5.74) is 6.02. The lowest BCUT2D eigenvalue weighted by Crippen LogP contribution is -2.51.